The van der Waals surface area contributed by atoms with Crippen molar-refractivity contribution in [2.75, 3.05) is 6.54 Å². The number of amides is 2. The van der Waals surface area contributed by atoms with E-state index in [4.69, 9.17) is 9.16 Å². The van der Waals surface area contributed by atoms with Crippen LogP contribution in [0.1, 0.15) is 68.7 Å². The molecule has 1 aliphatic rings. The zero-order valence-electron chi connectivity index (χ0n) is 19.1. The van der Waals surface area contributed by atoms with Crippen molar-refractivity contribution in [1.29, 1.82) is 0 Å². The molecule has 0 aliphatic carbocycles. The zero-order valence-corrected chi connectivity index (χ0v) is 20.3. The third-order valence-electron chi connectivity index (χ3n) is 4.40. The van der Waals surface area contributed by atoms with Gasteiger partial charge in [0.2, 0.25) is 5.72 Å². The Kier molecular flexibility index (Phi) is 6.87. The van der Waals surface area contributed by atoms with E-state index in [1.165, 1.54) is 4.90 Å². The van der Waals surface area contributed by atoms with Crippen LogP contribution < -0.4 is 5.32 Å². The van der Waals surface area contributed by atoms with Crippen molar-refractivity contribution in [3.63, 3.8) is 0 Å². The van der Waals surface area contributed by atoms with Crippen molar-refractivity contribution in [1.82, 2.24) is 10.2 Å². The number of nitrogens with one attached hydrogen (secondary N) is 1. The Morgan fingerprint density at radius 3 is 1.93 bits per heavy atom. The number of carbonyl (C=O) groups excluding carboxylic acids is 2. The van der Waals surface area contributed by atoms with Gasteiger partial charge in [-0.15, -0.1) is 0 Å². The summed E-state index contributed by atoms with van der Waals surface area (Å²) >= 11 is 0. The van der Waals surface area contributed by atoms with Gasteiger partial charge in [0, 0.05) is 18.0 Å². The highest BCUT2D eigenvalue weighted by molar-refractivity contribution is 6.48. The van der Waals surface area contributed by atoms with Crippen LogP contribution in [0.3, 0.4) is 0 Å². The molecule has 158 valence electrons. The first-order valence-electron chi connectivity index (χ1n) is 9.91. The Bertz CT molecular complexity index is 558. The number of hydrogen-bond donors (Lipinski definition) is 1. The molecule has 1 fully saturated rings. The van der Waals surface area contributed by atoms with Gasteiger partial charge in [-0.3, -0.25) is 9.69 Å². The van der Waals surface area contributed by atoms with E-state index in [0.29, 0.717) is 13.0 Å². The standard InChI is InChI=1S/C20H40N2O4Si/c1-17(2,3)14-12-13-22(16(24)25-19(7,8)9)20(14,26-27(10)11)15(23)21-18(4,5)6/h14,27H,12-13H2,1-11H3,(H,21,23)/t14-,20-/m1/s1. The monoisotopic (exact) mass is 400 g/mol. The number of nitrogens with zero attached hydrogens (tertiary/aromatic N) is 1. The lowest BCUT2D eigenvalue weighted by Crippen LogP contribution is -2.67. The molecule has 1 N–H and O–H groups in total. The van der Waals surface area contributed by atoms with Crippen LogP contribution in [-0.2, 0) is 14.0 Å². The highest BCUT2D eigenvalue weighted by Gasteiger charge is 2.62. The summed E-state index contributed by atoms with van der Waals surface area (Å²) in [6.45, 7) is 22.1. The summed E-state index contributed by atoms with van der Waals surface area (Å²) in [7, 11) is -1.67. The molecule has 1 rings (SSSR count). The van der Waals surface area contributed by atoms with Gasteiger partial charge in [0.05, 0.1) is 0 Å². The van der Waals surface area contributed by atoms with Gasteiger partial charge in [0.15, 0.2) is 9.04 Å². The second-order valence-electron chi connectivity index (χ2n) is 10.9. The molecule has 2 atom stereocenters. The molecular weight excluding hydrogens is 360 g/mol. The van der Waals surface area contributed by atoms with Crippen molar-refractivity contribution in [2.45, 2.75) is 98.7 Å². The Labute approximate surface area is 167 Å². The van der Waals surface area contributed by atoms with Crippen molar-refractivity contribution in [2.24, 2.45) is 11.3 Å². The third-order valence-corrected chi connectivity index (χ3v) is 5.23. The van der Waals surface area contributed by atoms with Gasteiger partial charge < -0.3 is 14.5 Å². The van der Waals surface area contributed by atoms with E-state index in [9.17, 15) is 9.59 Å². The lowest BCUT2D eigenvalue weighted by atomic mass is 9.74. The first kappa shape index (κ1) is 24.0. The summed E-state index contributed by atoms with van der Waals surface area (Å²) in [4.78, 5) is 28.2. The number of rotatable bonds is 3. The molecule has 0 radical (unpaired) electrons. The predicted molar refractivity (Wildman–Crippen MR) is 111 cm³/mol. The topological polar surface area (TPSA) is 67.9 Å². The molecule has 0 unspecified atom stereocenters. The second-order valence-corrected chi connectivity index (χ2v) is 13.2. The van der Waals surface area contributed by atoms with Crippen LogP contribution in [0.2, 0.25) is 13.1 Å². The van der Waals surface area contributed by atoms with E-state index in [2.05, 4.69) is 26.1 Å². The number of ether oxygens (including phenoxy) is 1. The fourth-order valence-corrected chi connectivity index (χ4v) is 4.76. The van der Waals surface area contributed by atoms with Gasteiger partial charge in [-0.1, -0.05) is 20.8 Å². The second kappa shape index (κ2) is 7.74. The van der Waals surface area contributed by atoms with Gasteiger partial charge in [0.25, 0.3) is 5.91 Å². The maximum absolute atomic E-state index is 13.6. The maximum atomic E-state index is 13.6. The molecule has 2 amide bonds. The van der Waals surface area contributed by atoms with E-state index >= 15 is 0 Å². The predicted octanol–water partition coefficient (Wildman–Crippen LogP) is 3.90. The molecule has 1 aliphatic heterocycles. The summed E-state index contributed by atoms with van der Waals surface area (Å²) < 4.78 is 12.1. The molecule has 0 aromatic heterocycles. The van der Waals surface area contributed by atoms with Crippen LogP contribution >= 0.6 is 0 Å². The van der Waals surface area contributed by atoms with E-state index in [1.54, 1.807) is 0 Å². The summed E-state index contributed by atoms with van der Waals surface area (Å²) in [5.74, 6) is -0.380. The molecule has 6 nitrogen and oxygen atoms in total. The zero-order chi connectivity index (χ0) is 21.4. The van der Waals surface area contributed by atoms with Crippen molar-refractivity contribution >= 4 is 21.0 Å². The first-order valence-corrected chi connectivity index (χ1v) is 12.7. The minimum absolute atomic E-state index is 0.130. The number of hydrogen-bond acceptors (Lipinski definition) is 4. The van der Waals surface area contributed by atoms with Crippen LogP contribution in [-0.4, -0.2) is 49.4 Å². The van der Waals surface area contributed by atoms with Crippen LogP contribution in [0.5, 0.6) is 0 Å². The van der Waals surface area contributed by atoms with Crippen molar-refractivity contribution in [3.05, 3.63) is 0 Å². The summed E-state index contributed by atoms with van der Waals surface area (Å²) in [6, 6.07) is 0. The van der Waals surface area contributed by atoms with Gasteiger partial charge in [-0.2, -0.15) is 0 Å². The fourth-order valence-electron chi connectivity index (χ4n) is 3.64. The van der Waals surface area contributed by atoms with Crippen LogP contribution in [0.4, 0.5) is 4.79 Å². The molecule has 0 aromatic carbocycles. The SMILES string of the molecule is C[SiH](C)O[C@@]1(C(=O)NC(C)(C)C)[C@@H](C(C)(C)C)CCN1C(=O)OC(C)(C)C. The highest BCUT2D eigenvalue weighted by Crippen LogP contribution is 2.47. The summed E-state index contributed by atoms with van der Waals surface area (Å²) in [5.41, 5.74) is -2.63. The lowest BCUT2D eigenvalue weighted by Gasteiger charge is -2.47. The summed E-state index contributed by atoms with van der Waals surface area (Å²) in [6.07, 6.45) is 0.203. The van der Waals surface area contributed by atoms with E-state index in [1.807, 2.05) is 54.6 Å². The molecule has 0 bridgehead atoms. The molecule has 1 saturated heterocycles. The Morgan fingerprint density at radius 2 is 1.56 bits per heavy atom. The quantitative estimate of drug-likeness (QED) is 0.730. The highest BCUT2D eigenvalue weighted by atomic mass is 28.3. The third kappa shape index (κ3) is 5.94. The molecule has 0 aromatic rings. The first-order chi connectivity index (χ1) is 11.9. The van der Waals surface area contributed by atoms with Crippen LogP contribution in [0.15, 0.2) is 0 Å². The normalized spacial score (nSPS) is 24.3. The lowest BCUT2D eigenvalue weighted by molar-refractivity contribution is -0.166. The van der Waals surface area contributed by atoms with Crippen molar-refractivity contribution in [3.8, 4) is 0 Å². The fraction of sp³-hybridized carbons (Fsp3) is 0.900. The molecule has 0 saturated carbocycles. The number of likely N-dealkylation sites (tertiary alicyclic amines) is 1. The van der Waals surface area contributed by atoms with Gasteiger partial charge >= 0.3 is 6.09 Å². The molecular formula is C20H40N2O4Si. The van der Waals surface area contributed by atoms with E-state index in [-0.39, 0.29) is 17.2 Å². The molecule has 0 spiro atoms. The van der Waals surface area contributed by atoms with Crippen molar-refractivity contribution < 1.29 is 18.8 Å². The average Bonchev–Trinajstić information content (AvgIpc) is 2.73. The van der Waals surface area contributed by atoms with Crippen LogP contribution in [0.25, 0.3) is 0 Å². The Hall–Kier alpha value is -1.08. The van der Waals surface area contributed by atoms with Crippen LogP contribution in [0, 0.1) is 11.3 Å². The van der Waals surface area contributed by atoms with E-state index in [0.717, 1.165) is 0 Å². The van der Waals surface area contributed by atoms with E-state index < -0.39 is 32.0 Å². The minimum atomic E-state index is -1.67. The Balaban J connectivity index is 3.51. The van der Waals surface area contributed by atoms with Gasteiger partial charge in [0.1, 0.15) is 5.60 Å². The average molecular weight is 401 g/mol. The van der Waals surface area contributed by atoms with Gasteiger partial charge in [-0.25, -0.2) is 4.79 Å². The smallest absolute Gasteiger partial charge is 0.412 e. The largest absolute Gasteiger partial charge is 0.444 e. The van der Waals surface area contributed by atoms with Gasteiger partial charge in [-0.05, 0) is 66.5 Å². The maximum Gasteiger partial charge on any atom is 0.412 e. The Morgan fingerprint density at radius 1 is 1.04 bits per heavy atom. The molecule has 27 heavy (non-hydrogen) atoms. The molecule has 1 heterocycles. The number of carbonyl (C=O) groups is 2. The molecule has 7 heteroatoms. The summed E-state index contributed by atoms with van der Waals surface area (Å²) in [5, 5.41) is 3.07. The minimum Gasteiger partial charge on any atom is -0.444 e.